The van der Waals surface area contributed by atoms with Gasteiger partial charge in [-0.15, -0.1) is 0 Å². The molecule has 1 atom stereocenters. The van der Waals surface area contributed by atoms with Gasteiger partial charge in [-0.2, -0.15) is 0 Å². The molecule has 1 aromatic heterocycles. The summed E-state index contributed by atoms with van der Waals surface area (Å²) in [7, 11) is 0. The second-order valence-electron chi connectivity index (χ2n) is 10.2. The number of ether oxygens (including phenoxy) is 3. The lowest BCUT2D eigenvalue weighted by Gasteiger charge is -2.26. The maximum atomic E-state index is 14.2. The zero-order chi connectivity index (χ0) is 31.5. The summed E-state index contributed by atoms with van der Waals surface area (Å²) < 4.78 is 20.5. The van der Waals surface area contributed by atoms with Gasteiger partial charge < -0.3 is 14.2 Å². The van der Waals surface area contributed by atoms with E-state index < -0.39 is 12.0 Å². The van der Waals surface area contributed by atoms with Crippen molar-refractivity contribution in [1.82, 2.24) is 4.57 Å². The van der Waals surface area contributed by atoms with Crippen molar-refractivity contribution in [3.05, 3.63) is 123 Å². The van der Waals surface area contributed by atoms with Gasteiger partial charge >= 0.3 is 5.97 Å². The van der Waals surface area contributed by atoms with Crippen LogP contribution < -0.4 is 24.4 Å². The van der Waals surface area contributed by atoms with E-state index >= 15 is 0 Å². The fraction of sp³-hybridized carbons (Fsp3) is 0.242. The molecule has 1 aliphatic rings. The van der Waals surface area contributed by atoms with Crippen LogP contribution in [0.15, 0.2) is 86.2 Å². The van der Waals surface area contributed by atoms with E-state index in [-0.39, 0.29) is 30.5 Å². The number of fused-ring (bicyclic) bond motifs is 1. The molecule has 0 unspecified atom stereocenters. The van der Waals surface area contributed by atoms with E-state index in [1.165, 1.54) is 11.3 Å². The van der Waals surface area contributed by atoms with Crippen molar-refractivity contribution < 1.29 is 19.0 Å². The maximum absolute atomic E-state index is 14.2. The smallest absolute Gasteiger partial charge is 0.338 e. The Morgan fingerprint density at radius 2 is 1.89 bits per heavy atom. The lowest BCUT2D eigenvalue weighted by Crippen LogP contribution is -2.40. The minimum atomic E-state index is -0.798. The molecule has 0 radical (unpaired) electrons. The van der Waals surface area contributed by atoms with Crippen molar-refractivity contribution in [2.45, 2.75) is 46.4 Å². The third-order valence-corrected chi connectivity index (χ3v) is 8.81. The van der Waals surface area contributed by atoms with Gasteiger partial charge in [0.2, 0.25) is 0 Å². The highest BCUT2D eigenvalue weighted by Crippen LogP contribution is 2.36. The number of para-hydroxylation sites is 1. The molecule has 228 valence electrons. The van der Waals surface area contributed by atoms with Crippen LogP contribution >= 0.6 is 50.5 Å². The van der Waals surface area contributed by atoms with E-state index in [0.29, 0.717) is 47.7 Å². The molecule has 0 amide bonds. The highest BCUT2D eigenvalue weighted by atomic mass is 79.9. The van der Waals surface area contributed by atoms with Gasteiger partial charge in [-0.1, -0.05) is 74.7 Å². The first-order chi connectivity index (χ1) is 21.1. The van der Waals surface area contributed by atoms with E-state index in [1.54, 1.807) is 36.6 Å². The number of rotatable bonds is 9. The fourth-order valence-corrected chi connectivity index (χ4v) is 6.73. The molecular formula is C33H29BrCl2N2O5S. The van der Waals surface area contributed by atoms with Crippen LogP contribution in [0, 0.1) is 0 Å². The predicted octanol–water partition coefficient (Wildman–Crippen LogP) is 7.23. The minimum absolute atomic E-state index is 0.124. The van der Waals surface area contributed by atoms with Crippen LogP contribution in [-0.2, 0) is 16.1 Å². The summed E-state index contributed by atoms with van der Waals surface area (Å²) in [4.78, 5) is 32.7. The Bertz CT molecular complexity index is 1950. The molecule has 0 N–H and O–H groups in total. The lowest BCUT2D eigenvalue weighted by molar-refractivity contribution is -0.139. The summed E-state index contributed by atoms with van der Waals surface area (Å²) >= 11 is 17.2. The number of benzene rings is 3. The first kappa shape index (κ1) is 32.0. The quantitative estimate of drug-likeness (QED) is 0.171. The van der Waals surface area contributed by atoms with Crippen molar-refractivity contribution in [3.63, 3.8) is 0 Å². The first-order valence-corrected chi connectivity index (χ1v) is 16.3. The fourth-order valence-electron chi connectivity index (χ4n) is 4.85. The first-order valence-electron chi connectivity index (χ1n) is 13.9. The molecule has 5 rings (SSSR count). The average Bonchev–Trinajstić information content (AvgIpc) is 3.26. The molecule has 0 spiro atoms. The zero-order valence-electron chi connectivity index (χ0n) is 24.4. The molecule has 3 aromatic carbocycles. The van der Waals surface area contributed by atoms with Crippen LogP contribution in [0.3, 0.4) is 0 Å². The molecule has 11 heteroatoms. The lowest BCUT2D eigenvalue weighted by atomic mass is 9.95. The number of hydrogen-bond donors (Lipinski definition) is 0. The molecule has 0 saturated heterocycles. The molecule has 44 heavy (non-hydrogen) atoms. The molecule has 4 aromatic rings. The van der Waals surface area contributed by atoms with Gasteiger partial charge in [0.25, 0.3) is 5.56 Å². The van der Waals surface area contributed by atoms with Crippen LogP contribution in [0.5, 0.6) is 11.5 Å². The summed E-state index contributed by atoms with van der Waals surface area (Å²) in [5.74, 6) is 0.596. The highest BCUT2D eigenvalue weighted by molar-refractivity contribution is 9.10. The monoisotopic (exact) mass is 714 g/mol. The predicted molar refractivity (Wildman–Crippen MR) is 178 cm³/mol. The third-order valence-electron chi connectivity index (χ3n) is 6.75. The van der Waals surface area contributed by atoms with Crippen molar-refractivity contribution in [2.24, 2.45) is 4.99 Å². The number of aromatic nitrogens is 1. The minimum Gasteiger partial charge on any atom is -0.491 e. The summed E-state index contributed by atoms with van der Waals surface area (Å²) in [5.41, 5.74) is 2.57. The number of hydrogen-bond acceptors (Lipinski definition) is 7. The zero-order valence-corrected chi connectivity index (χ0v) is 28.3. The van der Waals surface area contributed by atoms with E-state index in [2.05, 4.69) is 20.9 Å². The average molecular weight is 716 g/mol. The van der Waals surface area contributed by atoms with Crippen LogP contribution in [0.2, 0.25) is 10.0 Å². The Labute approximate surface area is 277 Å². The van der Waals surface area contributed by atoms with Gasteiger partial charge in [0.15, 0.2) is 4.80 Å². The molecule has 0 saturated carbocycles. The van der Waals surface area contributed by atoms with E-state index in [0.717, 1.165) is 10.0 Å². The number of esters is 1. The molecule has 1 aliphatic heterocycles. The van der Waals surface area contributed by atoms with Crippen LogP contribution in [0.4, 0.5) is 0 Å². The van der Waals surface area contributed by atoms with Gasteiger partial charge in [0, 0.05) is 31.2 Å². The number of carbonyl (C=O) groups excluding carboxylic acids is 1. The standard InChI is InChI=1S/C33H29BrCl2N2O5S/c1-5-41-32(40)29-19(4)37-33-38(30(29)24-8-6-7-9-27(24)43-18(2)3)31(39)28(44-33)15-21-14-22(34)11-13-26(21)42-17-20-10-12-23(35)16-25(20)36/h6-16,18,30H,5,17H2,1-4H3/b28-15+/t30-/m0/s1. The summed E-state index contributed by atoms with van der Waals surface area (Å²) in [6, 6.07) is 17.4. The molecular weight excluding hydrogens is 687 g/mol. The molecule has 7 nitrogen and oxygen atoms in total. The maximum Gasteiger partial charge on any atom is 0.338 e. The van der Waals surface area contributed by atoms with Crippen LogP contribution in [0.25, 0.3) is 6.08 Å². The van der Waals surface area contributed by atoms with Gasteiger partial charge in [-0.3, -0.25) is 9.36 Å². The van der Waals surface area contributed by atoms with Crippen molar-refractivity contribution in [3.8, 4) is 11.5 Å². The normalized spacial score (nSPS) is 14.8. The Morgan fingerprint density at radius 3 is 2.61 bits per heavy atom. The Hall–Kier alpha value is -3.37. The highest BCUT2D eigenvalue weighted by Gasteiger charge is 2.35. The topological polar surface area (TPSA) is 79.1 Å². The van der Waals surface area contributed by atoms with Gasteiger partial charge in [0.05, 0.1) is 28.5 Å². The van der Waals surface area contributed by atoms with Crippen molar-refractivity contribution >= 4 is 62.5 Å². The summed E-state index contributed by atoms with van der Waals surface area (Å²) in [5, 5.41) is 1.04. The van der Waals surface area contributed by atoms with E-state index in [1.807, 2.05) is 62.4 Å². The van der Waals surface area contributed by atoms with Gasteiger partial charge in [0.1, 0.15) is 24.1 Å². The number of nitrogens with zero attached hydrogens (tertiary/aromatic N) is 2. The summed E-state index contributed by atoms with van der Waals surface area (Å²) in [6.45, 7) is 7.73. The molecule has 0 fully saturated rings. The van der Waals surface area contributed by atoms with Crippen LogP contribution in [0.1, 0.15) is 50.4 Å². The number of thiazole rings is 1. The Balaban J connectivity index is 1.64. The second kappa shape index (κ2) is 13.7. The van der Waals surface area contributed by atoms with E-state index in [4.69, 9.17) is 37.4 Å². The molecule has 2 heterocycles. The van der Waals surface area contributed by atoms with E-state index in [9.17, 15) is 9.59 Å². The second-order valence-corrected chi connectivity index (χ2v) is 13.0. The van der Waals surface area contributed by atoms with Crippen LogP contribution in [-0.4, -0.2) is 23.2 Å². The third kappa shape index (κ3) is 6.81. The molecule has 0 bridgehead atoms. The number of allylic oxidation sites excluding steroid dienone is 1. The Morgan fingerprint density at radius 1 is 1.11 bits per heavy atom. The Kier molecular flexibility index (Phi) is 10.00. The SMILES string of the molecule is CCOC(=O)C1=C(C)N=c2s/c(=C/c3cc(Br)ccc3OCc3ccc(Cl)cc3Cl)c(=O)n2[C@H]1c1ccccc1OC(C)C. The molecule has 0 aliphatic carbocycles. The number of halogens is 3. The summed E-state index contributed by atoms with van der Waals surface area (Å²) in [6.07, 6.45) is 1.64. The van der Waals surface area contributed by atoms with Crippen molar-refractivity contribution in [1.29, 1.82) is 0 Å². The van der Waals surface area contributed by atoms with Gasteiger partial charge in [-0.05, 0) is 70.2 Å². The van der Waals surface area contributed by atoms with Crippen molar-refractivity contribution in [2.75, 3.05) is 6.61 Å². The van der Waals surface area contributed by atoms with Gasteiger partial charge in [-0.25, -0.2) is 9.79 Å². The largest absolute Gasteiger partial charge is 0.491 e. The number of carbonyl (C=O) groups is 1.